The molecule has 0 aromatic heterocycles. The Morgan fingerprint density at radius 3 is 2.12 bits per heavy atom. The fourth-order valence-corrected chi connectivity index (χ4v) is 2.69. The Labute approximate surface area is 106 Å². The Hall–Kier alpha value is -0.240. The van der Waals surface area contributed by atoms with Crippen LogP contribution in [0.5, 0.6) is 0 Å². The van der Waals surface area contributed by atoms with E-state index in [9.17, 15) is 5.11 Å². The highest BCUT2D eigenvalue weighted by Crippen LogP contribution is 2.37. The molecule has 16 heavy (non-hydrogen) atoms. The monoisotopic (exact) mass is 258 g/mol. The highest BCUT2D eigenvalue weighted by Gasteiger charge is 2.30. The Bertz CT molecular complexity index is 368. The van der Waals surface area contributed by atoms with Crippen LogP contribution in [-0.2, 0) is 5.60 Å². The number of benzene rings is 1. The van der Waals surface area contributed by atoms with Gasteiger partial charge in [-0.25, -0.2) is 0 Å². The molecule has 0 heterocycles. The van der Waals surface area contributed by atoms with Crippen LogP contribution in [0.15, 0.2) is 18.2 Å². The highest BCUT2D eigenvalue weighted by molar-refractivity contribution is 6.42. The number of hydrogen-bond acceptors (Lipinski definition) is 1. The SMILES string of the molecule is OC1(c2ccc(Cl)c(Cl)c2)CCCCCC1. The van der Waals surface area contributed by atoms with E-state index in [0.717, 1.165) is 31.2 Å². The lowest BCUT2D eigenvalue weighted by atomic mass is 9.87. The Morgan fingerprint density at radius 1 is 0.938 bits per heavy atom. The quantitative estimate of drug-likeness (QED) is 0.734. The van der Waals surface area contributed by atoms with Gasteiger partial charge in [0.15, 0.2) is 0 Å². The molecule has 0 unspecified atom stereocenters. The lowest BCUT2D eigenvalue weighted by Crippen LogP contribution is -2.24. The van der Waals surface area contributed by atoms with Gasteiger partial charge in [0.05, 0.1) is 15.6 Å². The molecule has 2 rings (SSSR count). The van der Waals surface area contributed by atoms with Crippen molar-refractivity contribution in [2.24, 2.45) is 0 Å². The summed E-state index contributed by atoms with van der Waals surface area (Å²) in [5.41, 5.74) is 0.203. The lowest BCUT2D eigenvalue weighted by molar-refractivity contribution is 0.0207. The predicted octanol–water partition coefficient (Wildman–Crippen LogP) is 4.54. The summed E-state index contributed by atoms with van der Waals surface area (Å²) in [6.45, 7) is 0. The van der Waals surface area contributed by atoms with Crippen molar-refractivity contribution in [1.29, 1.82) is 0 Å². The van der Waals surface area contributed by atoms with Crippen molar-refractivity contribution in [2.45, 2.75) is 44.1 Å². The van der Waals surface area contributed by atoms with Crippen LogP contribution < -0.4 is 0 Å². The fraction of sp³-hybridized carbons (Fsp3) is 0.538. The van der Waals surface area contributed by atoms with Gasteiger partial charge in [-0.05, 0) is 30.5 Å². The third kappa shape index (κ3) is 2.53. The van der Waals surface area contributed by atoms with Gasteiger partial charge < -0.3 is 5.11 Å². The summed E-state index contributed by atoms with van der Waals surface area (Å²) in [4.78, 5) is 0. The maximum absolute atomic E-state index is 10.6. The normalized spacial score (nSPS) is 20.4. The largest absolute Gasteiger partial charge is 0.385 e. The van der Waals surface area contributed by atoms with E-state index < -0.39 is 5.60 Å². The molecule has 1 aliphatic rings. The van der Waals surface area contributed by atoms with Crippen molar-refractivity contribution >= 4 is 23.2 Å². The average Bonchev–Trinajstić information content (AvgIpc) is 2.48. The van der Waals surface area contributed by atoms with Crippen molar-refractivity contribution in [3.05, 3.63) is 33.8 Å². The summed E-state index contributed by atoms with van der Waals surface area (Å²) in [5, 5.41) is 11.7. The summed E-state index contributed by atoms with van der Waals surface area (Å²) >= 11 is 11.9. The van der Waals surface area contributed by atoms with Crippen molar-refractivity contribution in [2.75, 3.05) is 0 Å². The van der Waals surface area contributed by atoms with Gasteiger partial charge in [0.1, 0.15) is 0 Å². The maximum Gasteiger partial charge on any atom is 0.0897 e. The number of halogens is 2. The van der Waals surface area contributed by atoms with E-state index in [1.54, 1.807) is 12.1 Å². The standard InChI is InChI=1S/C13H16Cl2O/c14-11-6-5-10(9-12(11)15)13(16)7-3-1-2-4-8-13/h5-6,9,16H,1-4,7-8H2. The van der Waals surface area contributed by atoms with Gasteiger partial charge in [-0.3, -0.25) is 0 Å². The first kappa shape index (κ1) is 12.2. The zero-order valence-corrected chi connectivity index (χ0v) is 10.7. The topological polar surface area (TPSA) is 20.2 Å². The second-order valence-electron chi connectivity index (χ2n) is 4.57. The average molecular weight is 259 g/mol. The van der Waals surface area contributed by atoms with Crippen molar-refractivity contribution in [3.8, 4) is 0 Å². The maximum atomic E-state index is 10.6. The molecule has 0 spiro atoms. The molecule has 0 aliphatic heterocycles. The molecule has 1 aliphatic carbocycles. The third-order valence-corrected chi connectivity index (χ3v) is 4.13. The molecule has 1 saturated carbocycles. The first-order chi connectivity index (χ1) is 7.62. The number of aliphatic hydroxyl groups is 1. The van der Waals surface area contributed by atoms with Gasteiger partial charge in [0.25, 0.3) is 0 Å². The van der Waals surface area contributed by atoms with Gasteiger partial charge in [0.2, 0.25) is 0 Å². The molecule has 0 atom stereocenters. The molecule has 0 amide bonds. The van der Waals surface area contributed by atoms with Gasteiger partial charge in [0, 0.05) is 0 Å². The Kier molecular flexibility index (Phi) is 3.78. The van der Waals surface area contributed by atoms with Crippen LogP contribution in [0.4, 0.5) is 0 Å². The lowest BCUT2D eigenvalue weighted by Gasteiger charge is -2.27. The first-order valence-electron chi connectivity index (χ1n) is 5.80. The molecule has 1 fully saturated rings. The van der Waals surface area contributed by atoms with Gasteiger partial charge >= 0.3 is 0 Å². The Morgan fingerprint density at radius 2 is 1.56 bits per heavy atom. The molecule has 1 nitrogen and oxygen atoms in total. The molecule has 1 aromatic rings. The first-order valence-corrected chi connectivity index (χ1v) is 6.55. The van der Waals surface area contributed by atoms with E-state index in [1.165, 1.54) is 12.8 Å². The second-order valence-corrected chi connectivity index (χ2v) is 5.39. The minimum atomic E-state index is -0.704. The molecule has 0 bridgehead atoms. The summed E-state index contributed by atoms with van der Waals surface area (Å²) in [6.07, 6.45) is 6.23. The second kappa shape index (κ2) is 4.95. The molecular formula is C13H16Cl2O. The summed E-state index contributed by atoms with van der Waals surface area (Å²) in [5.74, 6) is 0. The fourth-order valence-electron chi connectivity index (χ4n) is 2.39. The molecule has 88 valence electrons. The van der Waals surface area contributed by atoms with E-state index >= 15 is 0 Å². The van der Waals surface area contributed by atoms with Crippen LogP contribution in [0.3, 0.4) is 0 Å². The van der Waals surface area contributed by atoms with Gasteiger partial charge in [-0.2, -0.15) is 0 Å². The highest BCUT2D eigenvalue weighted by atomic mass is 35.5. The molecule has 1 N–H and O–H groups in total. The van der Waals surface area contributed by atoms with Crippen LogP contribution in [0.2, 0.25) is 10.0 Å². The molecule has 0 saturated heterocycles. The van der Waals surface area contributed by atoms with Crippen LogP contribution in [-0.4, -0.2) is 5.11 Å². The van der Waals surface area contributed by atoms with E-state index in [1.807, 2.05) is 6.07 Å². The molecule has 1 aromatic carbocycles. The number of rotatable bonds is 1. The summed E-state index contributed by atoms with van der Waals surface area (Å²) < 4.78 is 0. The van der Waals surface area contributed by atoms with E-state index in [2.05, 4.69) is 0 Å². The van der Waals surface area contributed by atoms with Gasteiger partial charge in [-0.1, -0.05) is 55.0 Å². The van der Waals surface area contributed by atoms with Crippen molar-refractivity contribution in [1.82, 2.24) is 0 Å². The van der Waals surface area contributed by atoms with Gasteiger partial charge in [-0.15, -0.1) is 0 Å². The van der Waals surface area contributed by atoms with Crippen LogP contribution in [0, 0.1) is 0 Å². The predicted molar refractivity (Wildman–Crippen MR) is 68.1 cm³/mol. The van der Waals surface area contributed by atoms with Crippen LogP contribution in [0.25, 0.3) is 0 Å². The zero-order valence-electron chi connectivity index (χ0n) is 9.18. The van der Waals surface area contributed by atoms with Crippen molar-refractivity contribution < 1.29 is 5.11 Å². The van der Waals surface area contributed by atoms with Crippen LogP contribution >= 0.6 is 23.2 Å². The minimum absolute atomic E-state index is 0.525. The molecular weight excluding hydrogens is 243 g/mol. The zero-order chi connectivity index (χ0) is 11.6. The van der Waals surface area contributed by atoms with E-state index in [4.69, 9.17) is 23.2 Å². The molecule has 3 heteroatoms. The Balaban J connectivity index is 2.29. The summed E-state index contributed by atoms with van der Waals surface area (Å²) in [6, 6.07) is 5.46. The van der Waals surface area contributed by atoms with E-state index in [-0.39, 0.29) is 0 Å². The summed E-state index contributed by atoms with van der Waals surface area (Å²) in [7, 11) is 0. The van der Waals surface area contributed by atoms with Crippen molar-refractivity contribution in [3.63, 3.8) is 0 Å². The van der Waals surface area contributed by atoms with Crippen LogP contribution in [0.1, 0.15) is 44.1 Å². The minimum Gasteiger partial charge on any atom is -0.385 e. The number of hydrogen-bond donors (Lipinski definition) is 1. The smallest absolute Gasteiger partial charge is 0.0897 e. The van der Waals surface area contributed by atoms with E-state index in [0.29, 0.717) is 10.0 Å². The molecule has 0 radical (unpaired) electrons. The third-order valence-electron chi connectivity index (χ3n) is 3.39.